The summed E-state index contributed by atoms with van der Waals surface area (Å²) in [4.78, 5) is 23.2. The number of pyridine rings is 1. The Balaban J connectivity index is 1.72. The molecule has 2 heterocycles. The average molecular weight is 370 g/mol. The van der Waals surface area contributed by atoms with Crippen molar-refractivity contribution in [2.75, 3.05) is 25.6 Å². The summed E-state index contributed by atoms with van der Waals surface area (Å²) in [5.74, 6) is 0.125. The molecule has 0 aliphatic rings. The molecule has 3 aromatic rings. The van der Waals surface area contributed by atoms with Crippen LogP contribution >= 0.6 is 0 Å². The first-order chi connectivity index (χ1) is 13.1. The van der Waals surface area contributed by atoms with E-state index in [-0.39, 0.29) is 17.8 Å². The largest absolute Gasteiger partial charge is 0.383 e. The van der Waals surface area contributed by atoms with Crippen molar-refractivity contribution >= 4 is 22.9 Å². The van der Waals surface area contributed by atoms with Crippen molar-refractivity contribution in [1.29, 1.82) is 0 Å². The van der Waals surface area contributed by atoms with Crippen LogP contribution in [0.1, 0.15) is 16.2 Å². The maximum absolute atomic E-state index is 12.4. The number of benzene rings is 1. The molecule has 0 aliphatic heterocycles. The van der Waals surface area contributed by atoms with Crippen molar-refractivity contribution in [2.45, 2.75) is 6.54 Å². The third-order valence-electron chi connectivity index (χ3n) is 3.87. The number of ether oxygens (including phenoxy) is 1. The summed E-state index contributed by atoms with van der Waals surface area (Å²) in [7, 11) is 1.54. The van der Waals surface area contributed by atoms with E-state index >= 15 is 0 Å². The van der Waals surface area contributed by atoms with Crippen molar-refractivity contribution in [2.24, 2.45) is 0 Å². The number of amides is 1. The van der Waals surface area contributed by atoms with Crippen molar-refractivity contribution in [3.05, 3.63) is 64.1 Å². The molecule has 0 spiro atoms. The van der Waals surface area contributed by atoms with Gasteiger partial charge in [-0.25, -0.2) is 0 Å². The minimum Gasteiger partial charge on any atom is -0.383 e. The first kappa shape index (κ1) is 18.3. The first-order valence-electron chi connectivity index (χ1n) is 8.18. The third-order valence-corrected chi connectivity index (χ3v) is 3.87. The molecule has 1 aromatic carbocycles. The zero-order chi connectivity index (χ0) is 19.2. The van der Waals surface area contributed by atoms with Gasteiger partial charge >= 0.3 is 0 Å². The van der Waals surface area contributed by atoms with Crippen molar-refractivity contribution in [1.82, 2.24) is 19.9 Å². The number of methoxy groups -OCH3 is 1. The van der Waals surface area contributed by atoms with Crippen LogP contribution in [0.4, 0.5) is 11.4 Å². The van der Waals surface area contributed by atoms with Crippen LogP contribution in [0.15, 0.2) is 42.6 Å². The van der Waals surface area contributed by atoms with Gasteiger partial charge in [-0.2, -0.15) is 0 Å². The van der Waals surface area contributed by atoms with Gasteiger partial charge in [0.05, 0.1) is 18.1 Å². The van der Waals surface area contributed by atoms with Gasteiger partial charge in [-0.05, 0) is 24.3 Å². The summed E-state index contributed by atoms with van der Waals surface area (Å²) in [5, 5.41) is 25.0. The molecule has 0 saturated carbocycles. The van der Waals surface area contributed by atoms with E-state index in [2.05, 4.69) is 20.8 Å². The lowest BCUT2D eigenvalue weighted by molar-refractivity contribution is -0.384. The SMILES string of the molecule is COCCNc1ccc(C(=O)NCc2nnc3ccccn23)cc1[N+](=O)[O-]. The molecule has 0 atom stereocenters. The zero-order valence-electron chi connectivity index (χ0n) is 14.6. The molecule has 2 N–H and O–H groups in total. The summed E-state index contributed by atoms with van der Waals surface area (Å²) < 4.78 is 6.67. The van der Waals surface area contributed by atoms with Gasteiger partial charge in [0.15, 0.2) is 11.5 Å². The van der Waals surface area contributed by atoms with Crippen molar-refractivity contribution in [3.8, 4) is 0 Å². The maximum atomic E-state index is 12.4. The highest BCUT2D eigenvalue weighted by Crippen LogP contribution is 2.25. The number of fused-ring (bicyclic) bond motifs is 1. The first-order valence-corrected chi connectivity index (χ1v) is 8.18. The van der Waals surface area contributed by atoms with Crippen LogP contribution in [-0.4, -0.2) is 45.7 Å². The lowest BCUT2D eigenvalue weighted by atomic mass is 10.1. The van der Waals surface area contributed by atoms with Gasteiger partial charge in [-0.3, -0.25) is 19.3 Å². The average Bonchev–Trinajstić information content (AvgIpc) is 3.09. The van der Waals surface area contributed by atoms with Gasteiger partial charge in [0.2, 0.25) is 0 Å². The second kappa shape index (κ2) is 8.23. The predicted molar refractivity (Wildman–Crippen MR) is 97.6 cm³/mol. The van der Waals surface area contributed by atoms with Crippen molar-refractivity contribution in [3.63, 3.8) is 0 Å². The third kappa shape index (κ3) is 4.18. The van der Waals surface area contributed by atoms with Gasteiger partial charge in [0, 0.05) is 31.5 Å². The Kier molecular flexibility index (Phi) is 5.57. The fourth-order valence-corrected chi connectivity index (χ4v) is 2.53. The van der Waals surface area contributed by atoms with Crippen molar-refractivity contribution < 1.29 is 14.5 Å². The van der Waals surface area contributed by atoms with E-state index in [4.69, 9.17) is 4.74 Å². The Morgan fingerprint density at radius 1 is 1.30 bits per heavy atom. The monoisotopic (exact) mass is 370 g/mol. The van der Waals surface area contributed by atoms with Crippen LogP contribution in [0.5, 0.6) is 0 Å². The number of nitrogens with one attached hydrogen (secondary N) is 2. The van der Waals surface area contributed by atoms with E-state index in [1.807, 2.05) is 12.1 Å². The number of rotatable bonds is 8. The lowest BCUT2D eigenvalue weighted by Crippen LogP contribution is -2.24. The number of nitro groups is 1. The normalized spacial score (nSPS) is 10.7. The molecule has 2 aromatic heterocycles. The summed E-state index contributed by atoms with van der Waals surface area (Å²) in [6.07, 6.45) is 1.79. The van der Waals surface area contributed by atoms with Crippen LogP contribution in [-0.2, 0) is 11.3 Å². The van der Waals surface area contributed by atoms with Gasteiger partial charge in [0.25, 0.3) is 11.6 Å². The molecule has 10 nitrogen and oxygen atoms in total. The lowest BCUT2D eigenvalue weighted by Gasteiger charge is -2.09. The summed E-state index contributed by atoms with van der Waals surface area (Å²) in [6, 6.07) is 9.76. The van der Waals surface area contributed by atoms with E-state index < -0.39 is 10.8 Å². The molecular formula is C17H18N6O4. The zero-order valence-corrected chi connectivity index (χ0v) is 14.6. The van der Waals surface area contributed by atoms with Crippen LogP contribution in [0, 0.1) is 10.1 Å². The molecule has 0 bridgehead atoms. The fourth-order valence-electron chi connectivity index (χ4n) is 2.53. The molecule has 1 amide bonds. The summed E-state index contributed by atoms with van der Waals surface area (Å²) >= 11 is 0. The maximum Gasteiger partial charge on any atom is 0.293 e. The Morgan fingerprint density at radius 3 is 2.93 bits per heavy atom. The quantitative estimate of drug-likeness (QED) is 0.351. The Labute approximate surface area is 154 Å². The molecule has 0 radical (unpaired) electrons. The minimum atomic E-state index is -0.530. The number of aromatic nitrogens is 3. The van der Waals surface area contributed by atoms with Crippen LogP contribution in [0.2, 0.25) is 0 Å². The van der Waals surface area contributed by atoms with E-state index in [1.54, 1.807) is 23.8 Å². The van der Waals surface area contributed by atoms with E-state index in [0.717, 1.165) is 0 Å². The van der Waals surface area contributed by atoms with Gasteiger partial charge in [0.1, 0.15) is 5.69 Å². The molecule has 0 aliphatic carbocycles. The summed E-state index contributed by atoms with van der Waals surface area (Å²) in [6.45, 7) is 0.972. The predicted octanol–water partition coefficient (Wildman–Crippen LogP) is 1.63. The highest BCUT2D eigenvalue weighted by molar-refractivity contribution is 5.95. The second-order valence-electron chi connectivity index (χ2n) is 5.64. The highest BCUT2D eigenvalue weighted by Gasteiger charge is 2.18. The smallest absolute Gasteiger partial charge is 0.293 e. The van der Waals surface area contributed by atoms with Crippen LogP contribution in [0.3, 0.4) is 0 Å². The number of nitro benzene ring substituents is 1. The number of hydrogen-bond acceptors (Lipinski definition) is 7. The second-order valence-corrected chi connectivity index (χ2v) is 5.64. The number of carbonyl (C=O) groups is 1. The Hall–Kier alpha value is -3.53. The molecule has 140 valence electrons. The number of anilines is 1. The van der Waals surface area contributed by atoms with E-state index in [0.29, 0.717) is 30.3 Å². The molecule has 0 saturated heterocycles. The number of hydrogen-bond donors (Lipinski definition) is 2. The molecule has 27 heavy (non-hydrogen) atoms. The van der Waals surface area contributed by atoms with E-state index in [1.165, 1.54) is 18.2 Å². The van der Waals surface area contributed by atoms with Gasteiger partial charge in [-0.1, -0.05) is 6.07 Å². The van der Waals surface area contributed by atoms with E-state index in [9.17, 15) is 14.9 Å². The fraction of sp³-hybridized carbons (Fsp3) is 0.235. The number of nitrogens with zero attached hydrogens (tertiary/aromatic N) is 4. The molecule has 10 heteroatoms. The molecule has 3 rings (SSSR count). The van der Waals surface area contributed by atoms with Gasteiger partial charge in [-0.15, -0.1) is 10.2 Å². The standard InChI is InChI=1S/C17H18N6O4/c1-27-9-7-18-13-6-5-12(10-14(13)23(25)26)17(24)19-11-16-21-20-15-4-2-3-8-22(15)16/h2-6,8,10,18H,7,9,11H2,1H3,(H,19,24). The minimum absolute atomic E-state index is 0.144. The molecule has 0 fully saturated rings. The van der Waals surface area contributed by atoms with Crippen LogP contribution in [0.25, 0.3) is 5.65 Å². The van der Waals surface area contributed by atoms with Gasteiger partial charge < -0.3 is 15.4 Å². The number of carbonyl (C=O) groups excluding carboxylic acids is 1. The highest BCUT2D eigenvalue weighted by atomic mass is 16.6. The van der Waals surface area contributed by atoms with Crippen LogP contribution < -0.4 is 10.6 Å². The summed E-state index contributed by atoms with van der Waals surface area (Å²) in [5.41, 5.74) is 1.01. The Morgan fingerprint density at radius 2 is 2.15 bits per heavy atom. The molecular weight excluding hydrogens is 352 g/mol. The Bertz CT molecular complexity index is 971. The molecule has 0 unspecified atom stereocenters. The topological polar surface area (TPSA) is 124 Å².